The molecule has 1 heterocycles. The molecule has 0 saturated heterocycles. The Morgan fingerprint density at radius 1 is 1.23 bits per heavy atom. The molecule has 5 heteroatoms. The summed E-state index contributed by atoms with van der Waals surface area (Å²) in [4.78, 5) is 17.4. The molecular weight excluding hydrogens is 278 g/mol. The molecular formula is C17H21N3O2. The largest absolute Gasteiger partial charge is 0.494 e. The molecule has 0 aliphatic carbocycles. The van der Waals surface area contributed by atoms with Crippen LogP contribution in [0.1, 0.15) is 16.8 Å². The molecule has 2 rings (SSSR count). The molecule has 5 nitrogen and oxygen atoms in total. The Labute approximate surface area is 130 Å². The summed E-state index contributed by atoms with van der Waals surface area (Å²) in [6, 6.07) is 11.1. The summed E-state index contributed by atoms with van der Waals surface area (Å²) >= 11 is 0. The van der Waals surface area contributed by atoms with Gasteiger partial charge in [-0.3, -0.25) is 9.78 Å². The van der Waals surface area contributed by atoms with Gasteiger partial charge in [-0.05, 0) is 36.8 Å². The van der Waals surface area contributed by atoms with Crippen molar-refractivity contribution in [1.29, 1.82) is 0 Å². The number of pyridine rings is 1. The van der Waals surface area contributed by atoms with Gasteiger partial charge in [-0.1, -0.05) is 6.07 Å². The number of hydrogen-bond acceptors (Lipinski definition) is 4. The minimum absolute atomic E-state index is 0.0233. The van der Waals surface area contributed by atoms with E-state index in [0.29, 0.717) is 12.2 Å². The average molecular weight is 299 g/mol. The molecule has 2 aromatic rings. The van der Waals surface area contributed by atoms with E-state index in [9.17, 15) is 4.79 Å². The lowest BCUT2D eigenvalue weighted by atomic mass is 10.2. The Morgan fingerprint density at radius 3 is 2.73 bits per heavy atom. The van der Waals surface area contributed by atoms with Crippen LogP contribution in [0.3, 0.4) is 0 Å². The van der Waals surface area contributed by atoms with Gasteiger partial charge in [0.05, 0.1) is 6.61 Å². The second kappa shape index (κ2) is 8.02. The van der Waals surface area contributed by atoms with Gasteiger partial charge in [-0.25, -0.2) is 0 Å². The summed E-state index contributed by atoms with van der Waals surface area (Å²) < 4.78 is 5.69. The number of benzene rings is 1. The van der Waals surface area contributed by atoms with Crippen LogP contribution >= 0.6 is 0 Å². The number of rotatable bonds is 7. The highest BCUT2D eigenvalue weighted by molar-refractivity contribution is 5.94. The molecule has 0 aliphatic heterocycles. The molecule has 0 bridgehead atoms. The van der Waals surface area contributed by atoms with Gasteiger partial charge in [-0.2, -0.15) is 0 Å². The van der Waals surface area contributed by atoms with Crippen molar-refractivity contribution in [3.8, 4) is 5.75 Å². The number of carbonyl (C=O) groups excluding carboxylic acids is 1. The molecule has 1 N–H and O–H groups in total. The molecule has 0 spiro atoms. The molecule has 1 aromatic carbocycles. The van der Waals surface area contributed by atoms with E-state index in [4.69, 9.17) is 4.74 Å². The van der Waals surface area contributed by atoms with Crippen LogP contribution in [0.2, 0.25) is 0 Å². The normalized spacial score (nSPS) is 10.1. The van der Waals surface area contributed by atoms with Gasteiger partial charge in [0.2, 0.25) is 0 Å². The van der Waals surface area contributed by atoms with Gasteiger partial charge in [0.25, 0.3) is 5.91 Å². The van der Waals surface area contributed by atoms with Gasteiger partial charge in [0.1, 0.15) is 5.75 Å². The fraction of sp³-hybridized carbons (Fsp3) is 0.294. The molecule has 1 amide bonds. The fourth-order valence-corrected chi connectivity index (χ4v) is 1.94. The molecule has 0 saturated carbocycles. The van der Waals surface area contributed by atoms with Crippen LogP contribution in [-0.4, -0.2) is 43.0 Å². The Kier molecular flexibility index (Phi) is 5.77. The van der Waals surface area contributed by atoms with Crippen LogP contribution in [-0.2, 0) is 0 Å². The first kappa shape index (κ1) is 15.8. The number of ether oxygens (including phenoxy) is 1. The number of nitrogens with zero attached hydrogens (tertiary/aromatic N) is 2. The van der Waals surface area contributed by atoms with Crippen molar-refractivity contribution < 1.29 is 9.53 Å². The smallest absolute Gasteiger partial charge is 0.253 e. The highest BCUT2D eigenvalue weighted by atomic mass is 16.5. The molecule has 0 fully saturated rings. The minimum atomic E-state index is -0.0233. The van der Waals surface area contributed by atoms with E-state index in [0.717, 1.165) is 24.4 Å². The number of carbonyl (C=O) groups is 1. The summed E-state index contributed by atoms with van der Waals surface area (Å²) in [6.45, 7) is 1.41. The lowest BCUT2D eigenvalue weighted by molar-refractivity contribution is 0.0827. The standard InChI is InChI=1S/C17H21N3O2/c1-20(2)17(21)14-5-3-6-16(13-14)22-12-4-9-19-15-7-10-18-11-8-15/h3,5-8,10-11,13H,4,9,12H2,1-2H3,(H,18,19). The van der Waals surface area contributed by atoms with Crippen LogP contribution in [0.25, 0.3) is 0 Å². The highest BCUT2D eigenvalue weighted by Crippen LogP contribution is 2.14. The lowest BCUT2D eigenvalue weighted by Gasteiger charge is -2.12. The highest BCUT2D eigenvalue weighted by Gasteiger charge is 2.08. The second-order valence-electron chi connectivity index (χ2n) is 5.09. The van der Waals surface area contributed by atoms with E-state index in [1.807, 2.05) is 24.3 Å². The zero-order chi connectivity index (χ0) is 15.8. The van der Waals surface area contributed by atoms with Gasteiger partial charge in [-0.15, -0.1) is 0 Å². The molecule has 0 aliphatic rings. The maximum atomic E-state index is 11.9. The SMILES string of the molecule is CN(C)C(=O)c1cccc(OCCCNc2ccncc2)c1. The average Bonchev–Trinajstić information content (AvgIpc) is 2.55. The van der Waals surface area contributed by atoms with Crippen LogP contribution in [0.4, 0.5) is 5.69 Å². The summed E-state index contributed by atoms with van der Waals surface area (Å²) in [7, 11) is 3.47. The number of nitrogens with one attached hydrogen (secondary N) is 1. The van der Waals surface area contributed by atoms with E-state index < -0.39 is 0 Å². The van der Waals surface area contributed by atoms with E-state index in [-0.39, 0.29) is 5.91 Å². The number of amides is 1. The number of anilines is 1. The minimum Gasteiger partial charge on any atom is -0.494 e. The van der Waals surface area contributed by atoms with Gasteiger partial charge >= 0.3 is 0 Å². The number of hydrogen-bond donors (Lipinski definition) is 1. The zero-order valence-electron chi connectivity index (χ0n) is 13.0. The maximum absolute atomic E-state index is 11.9. The first-order chi connectivity index (χ1) is 10.7. The second-order valence-corrected chi connectivity index (χ2v) is 5.09. The third-order valence-corrected chi connectivity index (χ3v) is 3.09. The Balaban J connectivity index is 1.75. The molecule has 0 atom stereocenters. The van der Waals surface area contributed by atoms with Crippen LogP contribution in [0, 0.1) is 0 Å². The van der Waals surface area contributed by atoms with Gasteiger partial charge in [0.15, 0.2) is 0 Å². The van der Waals surface area contributed by atoms with Crippen molar-refractivity contribution in [1.82, 2.24) is 9.88 Å². The van der Waals surface area contributed by atoms with Crippen molar-refractivity contribution in [2.75, 3.05) is 32.6 Å². The molecule has 22 heavy (non-hydrogen) atoms. The van der Waals surface area contributed by atoms with E-state index >= 15 is 0 Å². The third-order valence-electron chi connectivity index (χ3n) is 3.09. The van der Waals surface area contributed by atoms with Crippen LogP contribution in [0.5, 0.6) is 5.75 Å². The van der Waals surface area contributed by atoms with E-state index in [1.54, 1.807) is 43.5 Å². The Bertz CT molecular complexity index is 600. The lowest BCUT2D eigenvalue weighted by Crippen LogP contribution is -2.21. The first-order valence-electron chi connectivity index (χ1n) is 7.25. The monoisotopic (exact) mass is 299 g/mol. The summed E-state index contributed by atoms with van der Waals surface area (Å²) in [5.74, 6) is 0.696. The van der Waals surface area contributed by atoms with E-state index in [1.165, 1.54) is 0 Å². The van der Waals surface area contributed by atoms with Crippen molar-refractivity contribution in [3.05, 3.63) is 54.4 Å². The Hall–Kier alpha value is -2.56. The first-order valence-corrected chi connectivity index (χ1v) is 7.25. The molecule has 1 aromatic heterocycles. The van der Waals surface area contributed by atoms with Gasteiger partial charge < -0.3 is 15.0 Å². The van der Waals surface area contributed by atoms with Crippen molar-refractivity contribution in [2.24, 2.45) is 0 Å². The summed E-state index contributed by atoms with van der Waals surface area (Å²) in [5, 5.41) is 3.29. The topological polar surface area (TPSA) is 54.5 Å². The molecule has 116 valence electrons. The predicted molar refractivity (Wildman–Crippen MR) is 87.3 cm³/mol. The van der Waals surface area contributed by atoms with Gasteiger partial charge in [0, 0.05) is 44.3 Å². The zero-order valence-corrected chi connectivity index (χ0v) is 13.0. The quantitative estimate of drug-likeness (QED) is 0.799. The molecule has 0 radical (unpaired) electrons. The van der Waals surface area contributed by atoms with E-state index in [2.05, 4.69) is 10.3 Å². The van der Waals surface area contributed by atoms with Crippen molar-refractivity contribution in [2.45, 2.75) is 6.42 Å². The fourth-order valence-electron chi connectivity index (χ4n) is 1.94. The maximum Gasteiger partial charge on any atom is 0.253 e. The van der Waals surface area contributed by atoms with Crippen molar-refractivity contribution >= 4 is 11.6 Å². The van der Waals surface area contributed by atoms with Crippen LogP contribution < -0.4 is 10.1 Å². The van der Waals surface area contributed by atoms with Crippen LogP contribution in [0.15, 0.2) is 48.8 Å². The summed E-state index contributed by atoms with van der Waals surface area (Å²) in [6.07, 6.45) is 4.38. The third kappa shape index (κ3) is 4.77. The van der Waals surface area contributed by atoms with Crippen molar-refractivity contribution in [3.63, 3.8) is 0 Å². The summed E-state index contributed by atoms with van der Waals surface area (Å²) in [5.41, 5.74) is 1.69. The molecule has 0 unspecified atom stereocenters. The number of aromatic nitrogens is 1. The predicted octanol–water partition coefficient (Wildman–Crippen LogP) is 2.66. The Morgan fingerprint density at radius 2 is 2.00 bits per heavy atom.